The number of nitrogens with one attached hydrogen (secondary N) is 1. The Kier molecular flexibility index (Phi) is 5.37. The van der Waals surface area contributed by atoms with E-state index < -0.39 is 5.92 Å². The van der Waals surface area contributed by atoms with Crippen molar-refractivity contribution < 1.29 is 8.78 Å². The number of rotatable bonds is 5. The van der Waals surface area contributed by atoms with E-state index in [1.54, 1.807) is 0 Å². The van der Waals surface area contributed by atoms with Crippen LogP contribution in [0.25, 0.3) is 0 Å². The Morgan fingerprint density at radius 3 is 2.24 bits per heavy atom. The molecule has 1 saturated carbocycles. The zero-order valence-electron chi connectivity index (χ0n) is 13.4. The lowest BCUT2D eigenvalue weighted by Gasteiger charge is -2.34. The van der Waals surface area contributed by atoms with Crippen molar-refractivity contribution in [2.75, 3.05) is 6.54 Å². The van der Waals surface area contributed by atoms with E-state index in [1.165, 1.54) is 16.7 Å². The first-order valence-corrected chi connectivity index (χ1v) is 8.08. The molecule has 1 unspecified atom stereocenters. The van der Waals surface area contributed by atoms with Crippen molar-refractivity contribution in [2.24, 2.45) is 5.92 Å². The van der Waals surface area contributed by atoms with Gasteiger partial charge in [-0.25, -0.2) is 8.78 Å². The van der Waals surface area contributed by atoms with Gasteiger partial charge in [0.15, 0.2) is 0 Å². The Morgan fingerprint density at radius 1 is 1.14 bits per heavy atom. The summed E-state index contributed by atoms with van der Waals surface area (Å²) in [6, 6.07) is 6.92. The molecule has 1 aliphatic rings. The molecule has 1 N–H and O–H groups in total. The van der Waals surface area contributed by atoms with Crippen molar-refractivity contribution in [3.63, 3.8) is 0 Å². The van der Waals surface area contributed by atoms with Gasteiger partial charge < -0.3 is 5.32 Å². The molecule has 1 fully saturated rings. The Bertz CT molecular complexity index is 440. The highest BCUT2D eigenvalue weighted by molar-refractivity contribution is 5.29. The van der Waals surface area contributed by atoms with Crippen molar-refractivity contribution in [3.05, 3.63) is 34.9 Å². The van der Waals surface area contributed by atoms with Gasteiger partial charge in [-0.3, -0.25) is 0 Å². The second kappa shape index (κ2) is 6.87. The summed E-state index contributed by atoms with van der Waals surface area (Å²) in [5, 5.41) is 3.52. The van der Waals surface area contributed by atoms with E-state index in [2.05, 4.69) is 44.3 Å². The van der Waals surface area contributed by atoms with Gasteiger partial charge in [-0.05, 0) is 51.1 Å². The molecule has 0 heterocycles. The smallest absolute Gasteiger partial charge is 0.248 e. The van der Waals surface area contributed by atoms with Gasteiger partial charge in [-0.1, -0.05) is 36.2 Å². The van der Waals surface area contributed by atoms with Crippen LogP contribution >= 0.6 is 0 Å². The first-order chi connectivity index (χ1) is 9.89. The summed E-state index contributed by atoms with van der Waals surface area (Å²) in [6.07, 6.45) is 2.30. The molecule has 118 valence electrons. The molecule has 0 radical (unpaired) electrons. The van der Waals surface area contributed by atoms with Gasteiger partial charge in [0.25, 0.3) is 0 Å². The Balaban J connectivity index is 2.05. The molecule has 0 bridgehead atoms. The van der Waals surface area contributed by atoms with E-state index in [0.29, 0.717) is 24.8 Å². The molecule has 0 spiro atoms. The molecule has 0 aromatic heterocycles. The zero-order chi connectivity index (χ0) is 15.5. The number of likely N-dealkylation sites (N-methyl/N-ethyl adjacent to an activating group) is 1. The van der Waals surface area contributed by atoms with Crippen LogP contribution in [0.1, 0.15) is 49.3 Å². The third kappa shape index (κ3) is 4.77. The van der Waals surface area contributed by atoms with E-state index in [9.17, 15) is 8.78 Å². The lowest BCUT2D eigenvalue weighted by Crippen LogP contribution is -2.41. The normalized spacial score (nSPS) is 20.4. The number of benzene rings is 1. The number of aryl methyl sites for hydroxylation is 2. The Morgan fingerprint density at radius 2 is 1.71 bits per heavy atom. The van der Waals surface area contributed by atoms with E-state index in [-0.39, 0.29) is 12.8 Å². The summed E-state index contributed by atoms with van der Waals surface area (Å²) in [6.45, 7) is 7.20. The first kappa shape index (κ1) is 16.4. The van der Waals surface area contributed by atoms with Crippen LogP contribution in [0.5, 0.6) is 0 Å². The van der Waals surface area contributed by atoms with Crippen LogP contribution in [-0.2, 0) is 6.42 Å². The highest BCUT2D eigenvalue weighted by Crippen LogP contribution is 2.38. The van der Waals surface area contributed by atoms with Gasteiger partial charge in [0.1, 0.15) is 0 Å². The lowest BCUT2D eigenvalue weighted by atomic mass is 9.80. The Labute approximate surface area is 127 Å². The number of hydrogen-bond donors (Lipinski definition) is 1. The monoisotopic (exact) mass is 295 g/mol. The number of hydrogen-bond acceptors (Lipinski definition) is 1. The molecule has 0 aliphatic heterocycles. The standard InChI is InChI=1S/C18H27F2N/c1-4-21-17(16-5-7-18(19,20)8-6-16)12-15-10-13(2)9-14(3)11-15/h9-11,16-17,21H,4-8,12H2,1-3H3. The van der Waals surface area contributed by atoms with Crippen molar-refractivity contribution in [2.45, 2.75) is 64.8 Å². The third-order valence-corrected chi connectivity index (χ3v) is 4.53. The molecular weight excluding hydrogens is 268 g/mol. The van der Waals surface area contributed by atoms with Crippen LogP contribution in [0.4, 0.5) is 8.78 Å². The lowest BCUT2D eigenvalue weighted by molar-refractivity contribution is -0.0494. The van der Waals surface area contributed by atoms with Crippen molar-refractivity contribution in [3.8, 4) is 0 Å². The summed E-state index contributed by atoms with van der Waals surface area (Å²) >= 11 is 0. The summed E-state index contributed by atoms with van der Waals surface area (Å²) in [5.74, 6) is -2.07. The maximum absolute atomic E-state index is 13.3. The topological polar surface area (TPSA) is 12.0 Å². The maximum Gasteiger partial charge on any atom is 0.248 e. The number of alkyl halides is 2. The predicted molar refractivity (Wildman–Crippen MR) is 84.0 cm³/mol. The summed E-state index contributed by atoms with van der Waals surface area (Å²) in [5.41, 5.74) is 3.86. The SMILES string of the molecule is CCNC(Cc1cc(C)cc(C)c1)C1CCC(F)(F)CC1. The zero-order valence-corrected chi connectivity index (χ0v) is 13.4. The second-order valence-corrected chi connectivity index (χ2v) is 6.56. The van der Waals surface area contributed by atoms with E-state index in [4.69, 9.17) is 0 Å². The fourth-order valence-corrected chi connectivity index (χ4v) is 3.57. The Hall–Kier alpha value is -0.960. The highest BCUT2D eigenvalue weighted by Gasteiger charge is 2.37. The van der Waals surface area contributed by atoms with E-state index >= 15 is 0 Å². The fourth-order valence-electron chi connectivity index (χ4n) is 3.57. The van der Waals surface area contributed by atoms with Crippen LogP contribution in [0, 0.1) is 19.8 Å². The molecule has 0 saturated heterocycles. The minimum Gasteiger partial charge on any atom is -0.314 e. The highest BCUT2D eigenvalue weighted by atomic mass is 19.3. The molecule has 1 aromatic carbocycles. The van der Waals surface area contributed by atoms with Gasteiger partial charge in [-0.2, -0.15) is 0 Å². The minimum absolute atomic E-state index is 0.0480. The third-order valence-electron chi connectivity index (χ3n) is 4.53. The van der Waals surface area contributed by atoms with Crippen LogP contribution in [0.2, 0.25) is 0 Å². The van der Waals surface area contributed by atoms with Gasteiger partial charge >= 0.3 is 0 Å². The quantitative estimate of drug-likeness (QED) is 0.833. The molecule has 0 amide bonds. The molecule has 1 aromatic rings. The molecule has 21 heavy (non-hydrogen) atoms. The van der Waals surface area contributed by atoms with Crippen LogP contribution in [-0.4, -0.2) is 18.5 Å². The summed E-state index contributed by atoms with van der Waals surface area (Å²) in [7, 11) is 0. The molecule has 2 rings (SSSR count). The predicted octanol–water partition coefficient (Wildman–Crippen LogP) is 4.65. The van der Waals surface area contributed by atoms with Crippen molar-refractivity contribution in [1.29, 1.82) is 0 Å². The van der Waals surface area contributed by atoms with Crippen molar-refractivity contribution >= 4 is 0 Å². The van der Waals surface area contributed by atoms with Crippen LogP contribution < -0.4 is 5.32 Å². The second-order valence-electron chi connectivity index (χ2n) is 6.56. The van der Waals surface area contributed by atoms with Crippen molar-refractivity contribution in [1.82, 2.24) is 5.32 Å². The van der Waals surface area contributed by atoms with Gasteiger partial charge in [0.05, 0.1) is 0 Å². The molecule has 1 atom stereocenters. The van der Waals surface area contributed by atoms with Crippen LogP contribution in [0.15, 0.2) is 18.2 Å². The molecule has 1 aliphatic carbocycles. The average molecular weight is 295 g/mol. The molecule has 1 nitrogen and oxygen atoms in total. The largest absolute Gasteiger partial charge is 0.314 e. The molecular formula is C18H27F2N. The summed E-state index contributed by atoms with van der Waals surface area (Å²) in [4.78, 5) is 0. The summed E-state index contributed by atoms with van der Waals surface area (Å²) < 4.78 is 26.7. The number of halogens is 2. The minimum atomic E-state index is -2.44. The average Bonchev–Trinajstić information content (AvgIpc) is 2.37. The van der Waals surface area contributed by atoms with E-state index in [1.807, 2.05) is 0 Å². The van der Waals surface area contributed by atoms with Gasteiger partial charge in [0, 0.05) is 18.9 Å². The van der Waals surface area contributed by atoms with Gasteiger partial charge in [-0.15, -0.1) is 0 Å². The first-order valence-electron chi connectivity index (χ1n) is 8.08. The fraction of sp³-hybridized carbons (Fsp3) is 0.667. The maximum atomic E-state index is 13.3. The van der Waals surface area contributed by atoms with E-state index in [0.717, 1.165) is 13.0 Å². The van der Waals surface area contributed by atoms with Gasteiger partial charge in [0.2, 0.25) is 5.92 Å². The molecule has 3 heteroatoms. The van der Waals surface area contributed by atoms with Crippen LogP contribution in [0.3, 0.4) is 0 Å².